The Morgan fingerprint density at radius 2 is 1.79 bits per heavy atom. The Balaban J connectivity index is 2.37. The first kappa shape index (κ1) is 13.8. The maximum Gasteiger partial charge on any atom is 0.199 e. The van der Waals surface area contributed by atoms with Crippen LogP contribution in [-0.4, -0.2) is 27.9 Å². The van der Waals surface area contributed by atoms with Crippen LogP contribution in [0.2, 0.25) is 0 Å². The van der Waals surface area contributed by atoms with Crippen LogP contribution in [0.5, 0.6) is 0 Å². The Morgan fingerprint density at radius 1 is 1.16 bits per heavy atom. The van der Waals surface area contributed by atoms with Gasteiger partial charge in [-0.05, 0) is 50.3 Å². The zero-order chi connectivity index (χ0) is 13.8. The molecule has 4 nitrogen and oxygen atoms in total. The number of H-pyrrole nitrogens is 1. The number of hydrogen-bond acceptors (Lipinski definition) is 3. The summed E-state index contributed by atoms with van der Waals surface area (Å²) in [4.78, 5) is 2.32. The molecule has 0 atom stereocenters. The van der Waals surface area contributed by atoms with Crippen LogP contribution in [-0.2, 0) is 6.42 Å². The first-order valence-electron chi connectivity index (χ1n) is 6.72. The molecule has 0 radical (unpaired) electrons. The van der Waals surface area contributed by atoms with E-state index >= 15 is 0 Å². The lowest BCUT2D eigenvalue weighted by Crippen LogP contribution is -2.21. The summed E-state index contributed by atoms with van der Waals surface area (Å²) in [6, 6.07) is 8.46. The van der Waals surface area contributed by atoms with Crippen LogP contribution in [0.1, 0.15) is 26.6 Å². The zero-order valence-corrected chi connectivity index (χ0v) is 12.5. The topological polar surface area (TPSA) is 36.9 Å². The van der Waals surface area contributed by atoms with Crippen LogP contribution in [0.4, 0.5) is 5.69 Å². The highest BCUT2D eigenvalue weighted by Crippen LogP contribution is 2.18. The standard InChI is InChI=1S/C14H20N4S/c1-4-13-15-16-14(19)18(13)12-9-7-11(8-10-12)17(5-2)6-3/h7-10H,4-6H2,1-3H3,(H,16,19). The molecule has 1 heterocycles. The molecule has 0 fully saturated rings. The lowest BCUT2D eigenvalue weighted by atomic mass is 10.2. The number of rotatable bonds is 5. The molecule has 0 aliphatic rings. The van der Waals surface area contributed by atoms with E-state index < -0.39 is 0 Å². The Kier molecular flexibility index (Phi) is 4.37. The molecule has 0 saturated carbocycles. The van der Waals surface area contributed by atoms with E-state index in [1.165, 1.54) is 5.69 Å². The van der Waals surface area contributed by atoms with E-state index in [1.54, 1.807) is 0 Å². The van der Waals surface area contributed by atoms with Gasteiger partial charge < -0.3 is 4.90 Å². The first-order chi connectivity index (χ1) is 9.21. The van der Waals surface area contributed by atoms with Crippen LogP contribution in [0, 0.1) is 4.77 Å². The highest BCUT2D eigenvalue weighted by atomic mass is 32.1. The number of aromatic amines is 1. The summed E-state index contributed by atoms with van der Waals surface area (Å²) in [7, 11) is 0. The van der Waals surface area contributed by atoms with E-state index in [9.17, 15) is 0 Å². The Hall–Kier alpha value is -1.62. The van der Waals surface area contributed by atoms with Crippen LogP contribution >= 0.6 is 12.2 Å². The van der Waals surface area contributed by atoms with E-state index in [1.807, 2.05) is 4.57 Å². The monoisotopic (exact) mass is 276 g/mol. The predicted molar refractivity (Wildman–Crippen MR) is 81.7 cm³/mol. The molecule has 1 aromatic heterocycles. The quantitative estimate of drug-likeness (QED) is 0.851. The third kappa shape index (κ3) is 2.71. The smallest absolute Gasteiger partial charge is 0.199 e. The molecule has 0 amide bonds. The van der Waals surface area contributed by atoms with Gasteiger partial charge in [-0.2, -0.15) is 5.10 Å². The van der Waals surface area contributed by atoms with E-state index in [2.05, 4.69) is 60.1 Å². The van der Waals surface area contributed by atoms with Gasteiger partial charge in [0.05, 0.1) is 0 Å². The molecular weight excluding hydrogens is 256 g/mol. The summed E-state index contributed by atoms with van der Waals surface area (Å²) >= 11 is 5.29. The van der Waals surface area contributed by atoms with E-state index in [-0.39, 0.29) is 0 Å². The van der Waals surface area contributed by atoms with Gasteiger partial charge in [0.25, 0.3) is 0 Å². The molecule has 5 heteroatoms. The lowest BCUT2D eigenvalue weighted by molar-refractivity contribution is 0.861. The summed E-state index contributed by atoms with van der Waals surface area (Å²) < 4.78 is 2.63. The minimum atomic E-state index is 0.646. The highest BCUT2D eigenvalue weighted by Gasteiger charge is 2.07. The second kappa shape index (κ2) is 6.02. The number of aryl methyl sites for hydroxylation is 1. The van der Waals surface area contributed by atoms with Gasteiger partial charge in [-0.25, -0.2) is 0 Å². The van der Waals surface area contributed by atoms with Crippen molar-refractivity contribution in [2.75, 3.05) is 18.0 Å². The number of nitrogens with one attached hydrogen (secondary N) is 1. The molecule has 0 bridgehead atoms. The molecule has 0 aliphatic carbocycles. The average Bonchev–Trinajstić information content (AvgIpc) is 2.82. The molecule has 0 unspecified atom stereocenters. The first-order valence-corrected chi connectivity index (χ1v) is 7.13. The van der Waals surface area contributed by atoms with E-state index in [0.29, 0.717) is 4.77 Å². The molecule has 102 valence electrons. The van der Waals surface area contributed by atoms with Crippen LogP contribution in [0.25, 0.3) is 5.69 Å². The van der Waals surface area contributed by atoms with Crippen molar-refractivity contribution in [3.05, 3.63) is 34.9 Å². The van der Waals surface area contributed by atoms with Crippen molar-refractivity contribution in [3.8, 4) is 5.69 Å². The summed E-state index contributed by atoms with van der Waals surface area (Å²) in [5.74, 6) is 0.959. The highest BCUT2D eigenvalue weighted by molar-refractivity contribution is 7.71. The van der Waals surface area contributed by atoms with Gasteiger partial charge in [-0.3, -0.25) is 9.67 Å². The van der Waals surface area contributed by atoms with Crippen LogP contribution in [0.3, 0.4) is 0 Å². The SMILES string of the molecule is CCc1n[nH]c(=S)n1-c1ccc(N(CC)CC)cc1. The van der Waals surface area contributed by atoms with Gasteiger partial charge in [0.15, 0.2) is 4.77 Å². The Bertz CT molecular complexity index is 578. The largest absolute Gasteiger partial charge is 0.372 e. The van der Waals surface area contributed by atoms with Gasteiger partial charge in [0.1, 0.15) is 5.82 Å². The summed E-state index contributed by atoms with van der Waals surface area (Å²) in [6.07, 6.45) is 0.852. The lowest BCUT2D eigenvalue weighted by Gasteiger charge is -2.21. The molecule has 2 aromatic rings. The summed E-state index contributed by atoms with van der Waals surface area (Å²) in [5.41, 5.74) is 2.30. The van der Waals surface area contributed by atoms with Crippen LogP contribution in [0.15, 0.2) is 24.3 Å². The van der Waals surface area contributed by atoms with Gasteiger partial charge in [-0.1, -0.05) is 6.92 Å². The molecule has 0 saturated heterocycles. The third-order valence-electron chi connectivity index (χ3n) is 3.29. The zero-order valence-electron chi connectivity index (χ0n) is 11.7. The third-order valence-corrected chi connectivity index (χ3v) is 3.57. The van der Waals surface area contributed by atoms with Gasteiger partial charge in [0, 0.05) is 30.9 Å². The molecule has 2 rings (SSSR count). The van der Waals surface area contributed by atoms with E-state index in [0.717, 1.165) is 31.0 Å². The molecule has 0 spiro atoms. The van der Waals surface area contributed by atoms with Crippen molar-refractivity contribution in [1.82, 2.24) is 14.8 Å². The van der Waals surface area contributed by atoms with E-state index in [4.69, 9.17) is 12.2 Å². The second-order valence-corrected chi connectivity index (χ2v) is 4.71. The minimum absolute atomic E-state index is 0.646. The van der Waals surface area contributed by atoms with Gasteiger partial charge in [0.2, 0.25) is 0 Å². The number of aromatic nitrogens is 3. The van der Waals surface area contributed by atoms with Crippen molar-refractivity contribution in [2.45, 2.75) is 27.2 Å². The Morgan fingerprint density at radius 3 is 2.32 bits per heavy atom. The molecule has 0 aliphatic heterocycles. The fourth-order valence-electron chi connectivity index (χ4n) is 2.23. The van der Waals surface area contributed by atoms with Crippen molar-refractivity contribution in [2.24, 2.45) is 0 Å². The van der Waals surface area contributed by atoms with Crippen molar-refractivity contribution < 1.29 is 0 Å². The van der Waals surface area contributed by atoms with Crippen molar-refractivity contribution in [3.63, 3.8) is 0 Å². The predicted octanol–water partition coefficient (Wildman–Crippen LogP) is 3.34. The molecular formula is C14H20N4S. The minimum Gasteiger partial charge on any atom is -0.372 e. The number of anilines is 1. The molecule has 1 N–H and O–H groups in total. The van der Waals surface area contributed by atoms with Crippen LogP contribution < -0.4 is 4.90 Å². The molecule has 1 aromatic carbocycles. The summed E-state index contributed by atoms with van der Waals surface area (Å²) in [5, 5.41) is 7.09. The fourth-order valence-corrected chi connectivity index (χ4v) is 2.49. The number of nitrogens with zero attached hydrogens (tertiary/aromatic N) is 3. The Labute approximate surface area is 119 Å². The maximum absolute atomic E-state index is 5.29. The van der Waals surface area contributed by atoms with Gasteiger partial charge in [-0.15, -0.1) is 0 Å². The maximum atomic E-state index is 5.29. The van der Waals surface area contributed by atoms with Crippen molar-refractivity contribution >= 4 is 17.9 Å². The fraction of sp³-hybridized carbons (Fsp3) is 0.429. The van der Waals surface area contributed by atoms with Crippen molar-refractivity contribution in [1.29, 1.82) is 0 Å². The van der Waals surface area contributed by atoms with Gasteiger partial charge >= 0.3 is 0 Å². The number of benzene rings is 1. The average molecular weight is 276 g/mol. The molecule has 19 heavy (non-hydrogen) atoms. The summed E-state index contributed by atoms with van der Waals surface area (Å²) in [6.45, 7) is 8.44. The normalized spacial score (nSPS) is 10.7. The number of hydrogen-bond donors (Lipinski definition) is 1. The second-order valence-electron chi connectivity index (χ2n) is 4.32.